The van der Waals surface area contributed by atoms with Crippen LogP contribution >= 0.6 is 11.6 Å². The van der Waals surface area contributed by atoms with Gasteiger partial charge in [0, 0.05) is 18.1 Å². The van der Waals surface area contributed by atoms with Gasteiger partial charge in [-0.05, 0) is 30.7 Å². The van der Waals surface area contributed by atoms with E-state index in [1.54, 1.807) is 23.1 Å². The maximum atomic E-state index is 12.4. The van der Waals surface area contributed by atoms with Crippen LogP contribution < -0.4 is 4.31 Å². The topological polar surface area (TPSA) is 66.9 Å². The zero-order valence-electron chi connectivity index (χ0n) is 12.2. The van der Waals surface area contributed by atoms with Gasteiger partial charge in [0.15, 0.2) is 0 Å². The summed E-state index contributed by atoms with van der Waals surface area (Å²) in [6, 6.07) is 4.92. The second-order valence-corrected chi connectivity index (χ2v) is 7.89. The monoisotopic (exact) mass is 344 g/mol. The molecule has 2 aliphatic rings. The van der Waals surface area contributed by atoms with Gasteiger partial charge in [-0.2, -0.15) is 0 Å². The molecule has 1 aromatic carbocycles. The average molecular weight is 345 g/mol. The molecule has 0 aliphatic carbocycles. The minimum Gasteiger partial charge on any atom is -0.375 e. The first kappa shape index (κ1) is 15.6. The fourth-order valence-corrected chi connectivity index (χ4v) is 4.55. The van der Waals surface area contributed by atoms with Gasteiger partial charge in [-0.15, -0.1) is 0 Å². The van der Waals surface area contributed by atoms with E-state index in [9.17, 15) is 13.2 Å². The molecule has 0 spiro atoms. The van der Waals surface area contributed by atoms with Crippen LogP contribution in [0.25, 0.3) is 0 Å². The van der Waals surface area contributed by atoms with Gasteiger partial charge in [0.25, 0.3) is 0 Å². The molecule has 1 saturated heterocycles. The summed E-state index contributed by atoms with van der Waals surface area (Å²) in [6.45, 7) is 3.17. The van der Waals surface area contributed by atoms with Crippen LogP contribution in [0.2, 0.25) is 5.02 Å². The highest BCUT2D eigenvalue weighted by atomic mass is 35.5. The standard InChI is InChI=1S/C14H17ClN2O4S/c1-10-7-16(4-5-21-10)14(18)8-17-13-3-2-12(15)6-11(13)9-22(17,19)20/h2-3,6,10H,4-5,7-9H2,1H3. The lowest BCUT2D eigenvalue weighted by atomic mass is 10.2. The third-order valence-corrected chi connectivity index (χ3v) is 5.76. The molecule has 0 aromatic heterocycles. The van der Waals surface area contributed by atoms with Gasteiger partial charge in [0.2, 0.25) is 15.9 Å². The number of benzene rings is 1. The quantitative estimate of drug-likeness (QED) is 0.809. The molecule has 6 nitrogen and oxygen atoms in total. The molecule has 120 valence electrons. The van der Waals surface area contributed by atoms with Crippen molar-refractivity contribution < 1.29 is 17.9 Å². The van der Waals surface area contributed by atoms with Crippen molar-refractivity contribution >= 4 is 33.2 Å². The van der Waals surface area contributed by atoms with E-state index in [1.165, 1.54) is 4.31 Å². The molecule has 1 amide bonds. The molecule has 8 heteroatoms. The molecular formula is C14H17ClN2O4S. The largest absolute Gasteiger partial charge is 0.375 e. The fourth-order valence-electron chi connectivity index (χ4n) is 2.79. The smallest absolute Gasteiger partial charge is 0.243 e. The SMILES string of the molecule is CC1CN(C(=O)CN2c3ccc(Cl)cc3CS2(=O)=O)CCO1. The number of amides is 1. The van der Waals surface area contributed by atoms with E-state index >= 15 is 0 Å². The Morgan fingerprint density at radius 1 is 1.45 bits per heavy atom. The molecule has 0 bridgehead atoms. The molecule has 0 saturated carbocycles. The van der Waals surface area contributed by atoms with E-state index in [0.717, 1.165) is 0 Å². The number of hydrogen-bond acceptors (Lipinski definition) is 4. The summed E-state index contributed by atoms with van der Waals surface area (Å²) in [5, 5.41) is 0.490. The Morgan fingerprint density at radius 2 is 2.23 bits per heavy atom. The Kier molecular flexibility index (Phi) is 4.05. The van der Waals surface area contributed by atoms with Crippen LogP contribution in [0.4, 0.5) is 5.69 Å². The summed E-state index contributed by atoms with van der Waals surface area (Å²) < 4.78 is 31.2. The Hall–Kier alpha value is -1.31. The number of carbonyl (C=O) groups excluding carboxylic acids is 1. The zero-order chi connectivity index (χ0) is 15.9. The van der Waals surface area contributed by atoms with Crippen LogP contribution in [0.3, 0.4) is 0 Å². The van der Waals surface area contributed by atoms with Crippen LogP contribution in [0.15, 0.2) is 18.2 Å². The predicted molar refractivity (Wildman–Crippen MR) is 83.4 cm³/mol. The van der Waals surface area contributed by atoms with Gasteiger partial charge >= 0.3 is 0 Å². The molecule has 2 aliphatic heterocycles. The summed E-state index contributed by atoms with van der Waals surface area (Å²) in [4.78, 5) is 14.1. The first-order valence-corrected chi connectivity index (χ1v) is 9.04. The van der Waals surface area contributed by atoms with Gasteiger partial charge in [0.05, 0.1) is 24.2 Å². The summed E-state index contributed by atoms with van der Waals surface area (Å²) in [5.41, 5.74) is 1.18. The molecule has 2 heterocycles. The van der Waals surface area contributed by atoms with E-state index in [1.807, 2.05) is 6.92 Å². The number of fused-ring (bicyclic) bond motifs is 1. The lowest BCUT2D eigenvalue weighted by molar-refractivity contribution is -0.136. The van der Waals surface area contributed by atoms with Crippen molar-refractivity contribution in [2.75, 3.05) is 30.5 Å². The maximum absolute atomic E-state index is 12.4. The molecular weight excluding hydrogens is 328 g/mol. The van der Waals surface area contributed by atoms with Crippen molar-refractivity contribution in [3.63, 3.8) is 0 Å². The maximum Gasteiger partial charge on any atom is 0.243 e. The molecule has 1 fully saturated rings. The number of morpholine rings is 1. The average Bonchev–Trinajstić information content (AvgIpc) is 2.68. The highest BCUT2D eigenvalue weighted by molar-refractivity contribution is 7.92. The summed E-state index contributed by atoms with van der Waals surface area (Å²) >= 11 is 5.91. The van der Waals surface area contributed by atoms with Crippen LogP contribution in [0.5, 0.6) is 0 Å². The number of nitrogens with zero attached hydrogens (tertiary/aromatic N) is 2. The second kappa shape index (κ2) is 5.72. The number of carbonyl (C=O) groups is 1. The highest BCUT2D eigenvalue weighted by Crippen LogP contribution is 2.35. The predicted octanol–water partition coefficient (Wildman–Crippen LogP) is 1.24. The van der Waals surface area contributed by atoms with Crippen molar-refractivity contribution in [1.29, 1.82) is 0 Å². The number of anilines is 1. The van der Waals surface area contributed by atoms with Gasteiger partial charge < -0.3 is 9.64 Å². The van der Waals surface area contributed by atoms with E-state index in [4.69, 9.17) is 16.3 Å². The van der Waals surface area contributed by atoms with E-state index in [-0.39, 0.29) is 24.3 Å². The third-order valence-electron chi connectivity index (χ3n) is 3.86. The minimum absolute atomic E-state index is 0.0287. The Morgan fingerprint density at radius 3 is 2.95 bits per heavy atom. The number of sulfonamides is 1. The first-order valence-electron chi connectivity index (χ1n) is 7.05. The van der Waals surface area contributed by atoms with Crippen LogP contribution in [-0.4, -0.2) is 51.6 Å². The van der Waals surface area contributed by atoms with Crippen molar-refractivity contribution in [3.05, 3.63) is 28.8 Å². The van der Waals surface area contributed by atoms with Crippen molar-refractivity contribution in [1.82, 2.24) is 4.90 Å². The number of rotatable bonds is 2. The van der Waals surface area contributed by atoms with Crippen molar-refractivity contribution in [2.24, 2.45) is 0 Å². The molecule has 22 heavy (non-hydrogen) atoms. The van der Waals surface area contributed by atoms with Crippen molar-refractivity contribution in [2.45, 2.75) is 18.8 Å². The molecule has 1 unspecified atom stereocenters. The van der Waals surface area contributed by atoms with Gasteiger partial charge in [-0.1, -0.05) is 11.6 Å². The van der Waals surface area contributed by atoms with Crippen LogP contribution in [0.1, 0.15) is 12.5 Å². The number of ether oxygens (including phenoxy) is 1. The summed E-state index contributed by atoms with van der Waals surface area (Å²) in [5.74, 6) is -0.322. The van der Waals surface area contributed by atoms with Crippen molar-refractivity contribution in [3.8, 4) is 0 Å². The lowest BCUT2D eigenvalue weighted by Gasteiger charge is -2.32. The van der Waals surface area contributed by atoms with Gasteiger partial charge in [0.1, 0.15) is 6.54 Å². The van der Waals surface area contributed by atoms with E-state index in [0.29, 0.717) is 36.0 Å². The lowest BCUT2D eigenvalue weighted by Crippen LogP contribution is -2.48. The van der Waals surface area contributed by atoms with Gasteiger partial charge in [-0.3, -0.25) is 9.10 Å². The molecule has 1 atom stereocenters. The van der Waals surface area contributed by atoms with Crippen LogP contribution in [0, 0.1) is 0 Å². The third kappa shape index (κ3) is 2.93. The zero-order valence-corrected chi connectivity index (χ0v) is 13.7. The molecule has 1 aromatic rings. The van der Waals surface area contributed by atoms with Crippen LogP contribution in [-0.2, 0) is 25.3 Å². The number of halogens is 1. The summed E-state index contributed by atoms with van der Waals surface area (Å²) in [6.07, 6.45) is -0.0287. The Balaban J connectivity index is 1.81. The van der Waals surface area contributed by atoms with E-state index in [2.05, 4.69) is 0 Å². The normalized spacial score (nSPS) is 23.5. The molecule has 0 N–H and O–H groups in total. The molecule has 0 radical (unpaired) electrons. The van der Waals surface area contributed by atoms with Gasteiger partial charge in [-0.25, -0.2) is 8.42 Å². The first-order chi connectivity index (χ1) is 10.4. The summed E-state index contributed by atoms with van der Waals surface area (Å²) in [7, 11) is -3.51. The fraction of sp³-hybridized carbons (Fsp3) is 0.500. The highest BCUT2D eigenvalue weighted by Gasteiger charge is 2.36. The minimum atomic E-state index is -3.51. The Labute approximate surface area is 134 Å². The second-order valence-electron chi connectivity index (χ2n) is 5.56. The van der Waals surface area contributed by atoms with E-state index < -0.39 is 10.0 Å². The number of hydrogen-bond donors (Lipinski definition) is 0. The molecule has 3 rings (SSSR count). The Bertz CT molecular complexity index is 707.